The molecule has 0 fully saturated rings. The Morgan fingerprint density at radius 3 is 2.88 bits per heavy atom. The van der Waals surface area contributed by atoms with E-state index in [1.165, 1.54) is 12.3 Å². The number of hydrogen-bond acceptors (Lipinski definition) is 2. The van der Waals surface area contributed by atoms with E-state index >= 15 is 0 Å². The fraction of sp³-hybridized carbons (Fsp3) is 0. The van der Waals surface area contributed by atoms with Crippen LogP contribution in [0.2, 0.25) is 0 Å². The first-order chi connectivity index (χ1) is 3.80. The molecular weight excluding hydrogens is 170 g/mol. The van der Waals surface area contributed by atoms with Crippen LogP contribution in [0, 0.1) is 6.20 Å². The average molecular weight is 173 g/mol. The van der Waals surface area contributed by atoms with Gasteiger partial charge < -0.3 is 5.11 Å². The van der Waals surface area contributed by atoms with Crippen LogP contribution in [0.3, 0.4) is 0 Å². The first-order valence-electron chi connectivity index (χ1n) is 2.01. The third kappa shape index (κ3) is 0.980. The molecule has 41 valence electrons. The van der Waals surface area contributed by atoms with Gasteiger partial charge in [-0.25, -0.2) is 0 Å². The molecule has 1 radical (unpaired) electrons. The van der Waals surface area contributed by atoms with E-state index in [9.17, 15) is 0 Å². The van der Waals surface area contributed by atoms with Crippen molar-refractivity contribution in [1.29, 1.82) is 0 Å². The van der Waals surface area contributed by atoms with E-state index in [2.05, 4.69) is 27.1 Å². The van der Waals surface area contributed by atoms with Gasteiger partial charge in [-0.2, -0.15) is 0 Å². The van der Waals surface area contributed by atoms with Crippen LogP contribution in [0.15, 0.2) is 16.7 Å². The highest BCUT2D eigenvalue weighted by Gasteiger charge is 1.90. The third-order valence-electron chi connectivity index (χ3n) is 0.698. The van der Waals surface area contributed by atoms with Crippen molar-refractivity contribution in [3.8, 4) is 5.75 Å². The van der Waals surface area contributed by atoms with Crippen molar-refractivity contribution in [2.75, 3.05) is 0 Å². The molecule has 1 heterocycles. The number of nitrogens with zero attached hydrogens (tertiary/aromatic N) is 1. The van der Waals surface area contributed by atoms with Crippen molar-refractivity contribution in [1.82, 2.24) is 4.98 Å². The van der Waals surface area contributed by atoms with Gasteiger partial charge in [-0.3, -0.25) is 4.98 Å². The summed E-state index contributed by atoms with van der Waals surface area (Å²) in [4.78, 5) is 3.61. The first-order valence-corrected chi connectivity index (χ1v) is 2.80. The summed E-state index contributed by atoms with van der Waals surface area (Å²) in [5, 5.41) is 8.80. The number of hydrogen-bond donors (Lipinski definition) is 1. The van der Waals surface area contributed by atoms with Crippen molar-refractivity contribution in [3.63, 3.8) is 0 Å². The van der Waals surface area contributed by atoms with Crippen molar-refractivity contribution in [2.45, 2.75) is 0 Å². The third-order valence-corrected chi connectivity index (χ3v) is 1.31. The van der Waals surface area contributed by atoms with E-state index in [4.69, 9.17) is 5.11 Å². The Balaban J connectivity index is 3.13. The molecule has 0 unspecified atom stereocenters. The number of rotatable bonds is 0. The molecule has 0 bridgehead atoms. The van der Waals surface area contributed by atoms with Crippen LogP contribution in [0.25, 0.3) is 0 Å². The maximum atomic E-state index is 8.80. The number of aromatic hydroxyl groups is 1. The van der Waals surface area contributed by atoms with Gasteiger partial charge in [-0.1, -0.05) is 0 Å². The average Bonchev–Trinajstić information content (AvgIpc) is 1.77. The van der Waals surface area contributed by atoms with Crippen LogP contribution >= 0.6 is 15.9 Å². The fourth-order valence-corrected chi connectivity index (χ4v) is 0.544. The van der Waals surface area contributed by atoms with Gasteiger partial charge >= 0.3 is 0 Å². The van der Waals surface area contributed by atoms with E-state index in [1.807, 2.05) is 0 Å². The van der Waals surface area contributed by atoms with Crippen molar-refractivity contribution in [3.05, 3.63) is 22.9 Å². The predicted molar refractivity (Wildman–Crippen MR) is 32.4 cm³/mol. The summed E-state index contributed by atoms with van der Waals surface area (Å²) in [6.07, 6.45) is 3.95. The highest BCUT2D eigenvalue weighted by molar-refractivity contribution is 9.10. The molecule has 1 rings (SSSR count). The van der Waals surface area contributed by atoms with Gasteiger partial charge in [0.15, 0.2) is 0 Å². The molecule has 0 amide bonds. The molecule has 8 heavy (non-hydrogen) atoms. The standard InChI is InChI=1S/C5H3BrNO/c6-4-3-7-2-1-5(4)8/h1,3H,(H,7,8). The minimum absolute atomic E-state index is 0.167. The quantitative estimate of drug-likeness (QED) is 0.642. The Morgan fingerprint density at radius 1 is 1.75 bits per heavy atom. The molecule has 0 atom stereocenters. The Labute approximate surface area is 55.3 Å². The Kier molecular flexibility index (Phi) is 1.48. The highest BCUT2D eigenvalue weighted by atomic mass is 79.9. The normalized spacial score (nSPS) is 9.12. The Bertz CT molecular complexity index is 169. The maximum Gasteiger partial charge on any atom is 0.133 e. The minimum atomic E-state index is 0.167. The van der Waals surface area contributed by atoms with Gasteiger partial charge in [0.05, 0.1) is 10.7 Å². The summed E-state index contributed by atoms with van der Waals surface area (Å²) in [6, 6.07) is 1.39. The molecule has 0 aliphatic heterocycles. The molecule has 0 spiro atoms. The molecule has 1 aromatic rings. The molecule has 0 aliphatic rings. The molecule has 0 saturated heterocycles. The predicted octanol–water partition coefficient (Wildman–Crippen LogP) is 1.35. The lowest BCUT2D eigenvalue weighted by Gasteiger charge is -1.89. The lowest BCUT2D eigenvalue weighted by molar-refractivity contribution is 0.471. The van der Waals surface area contributed by atoms with Crippen LogP contribution < -0.4 is 0 Å². The van der Waals surface area contributed by atoms with Crippen molar-refractivity contribution < 1.29 is 5.11 Å². The van der Waals surface area contributed by atoms with E-state index in [-0.39, 0.29) is 5.75 Å². The van der Waals surface area contributed by atoms with Crippen LogP contribution in [0.5, 0.6) is 5.75 Å². The van der Waals surface area contributed by atoms with Gasteiger partial charge in [0.25, 0.3) is 0 Å². The van der Waals surface area contributed by atoms with Crippen LogP contribution in [0.4, 0.5) is 0 Å². The lowest BCUT2D eigenvalue weighted by atomic mass is 10.5. The molecule has 1 aromatic heterocycles. The second-order valence-corrected chi connectivity index (χ2v) is 2.12. The second-order valence-electron chi connectivity index (χ2n) is 1.26. The highest BCUT2D eigenvalue weighted by Crippen LogP contribution is 2.19. The zero-order valence-electron chi connectivity index (χ0n) is 3.93. The van der Waals surface area contributed by atoms with Gasteiger partial charge in [0, 0.05) is 12.3 Å². The Morgan fingerprint density at radius 2 is 2.50 bits per heavy atom. The van der Waals surface area contributed by atoms with Crippen molar-refractivity contribution in [2.24, 2.45) is 0 Å². The zero-order valence-corrected chi connectivity index (χ0v) is 5.51. The summed E-state index contributed by atoms with van der Waals surface area (Å²) >= 11 is 3.06. The largest absolute Gasteiger partial charge is 0.507 e. The van der Waals surface area contributed by atoms with Crippen molar-refractivity contribution >= 4 is 15.9 Å². The number of aromatic nitrogens is 1. The summed E-state index contributed by atoms with van der Waals surface area (Å²) in [5.41, 5.74) is 0. The van der Waals surface area contributed by atoms with E-state index in [1.54, 1.807) is 0 Å². The van der Waals surface area contributed by atoms with E-state index < -0.39 is 0 Å². The summed E-state index contributed by atoms with van der Waals surface area (Å²) < 4.78 is 0.594. The number of pyridine rings is 1. The van der Waals surface area contributed by atoms with Crippen LogP contribution in [-0.4, -0.2) is 10.1 Å². The maximum absolute atomic E-state index is 8.80. The molecule has 0 aliphatic carbocycles. The lowest BCUT2D eigenvalue weighted by Crippen LogP contribution is -1.70. The summed E-state index contributed by atoms with van der Waals surface area (Å²) in [6.45, 7) is 0. The van der Waals surface area contributed by atoms with Crippen LogP contribution in [-0.2, 0) is 0 Å². The monoisotopic (exact) mass is 172 g/mol. The second kappa shape index (κ2) is 2.13. The SMILES string of the molecule is Oc1c[c]ncc1Br. The molecule has 3 heteroatoms. The summed E-state index contributed by atoms with van der Waals surface area (Å²) in [7, 11) is 0. The Hall–Kier alpha value is -0.570. The van der Waals surface area contributed by atoms with Gasteiger partial charge in [0.2, 0.25) is 0 Å². The van der Waals surface area contributed by atoms with Gasteiger partial charge in [0.1, 0.15) is 5.75 Å². The smallest absolute Gasteiger partial charge is 0.133 e. The molecular formula is C5H3BrNO. The van der Waals surface area contributed by atoms with Crippen LogP contribution in [0.1, 0.15) is 0 Å². The first kappa shape index (κ1) is 5.56. The molecule has 2 nitrogen and oxygen atoms in total. The van der Waals surface area contributed by atoms with Gasteiger partial charge in [-0.15, -0.1) is 0 Å². The topological polar surface area (TPSA) is 33.1 Å². The molecule has 1 N–H and O–H groups in total. The van der Waals surface area contributed by atoms with Gasteiger partial charge in [-0.05, 0) is 15.9 Å². The molecule has 0 aromatic carbocycles. The zero-order chi connectivity index (χ0) is 5.98. The minimum Gasteiger partial charge on any atom is -0.507 e. The molecule has 0 saturated carbocycles. The van der Waals surface area contributed by atoms with E-state index in [0.717, 1.165) is 0 Å². The summed E-state index contributed by atoms with van der Waals surface area (Å²) in [5.74, 6) is 0.167. The fourth-order valence-electron chi connectivity index (χ4n) is 0.327. The van der Waals surface area contributed by atoms with E-state index in [0.29, 0.717) is 4.47 Å². The number of halogens is 1.